The van der Waals surface area contributed by atoms with Crippen LogP contribution in [0, 0.1) is 0 Å². The Morgan fingerprint density at radius 3 is 2.83 bits per heavy atom. The van der Waals surface area contributed by atoms with E-state index in [0.29, 0.717) is 5.71 Å². The van der Waals surface area contributed by atoms with Crippen LogP contribution in [-0.2, 0) is 4.79 Å². The molecule has 0 atom stereocenters. The van der Waals surface area contributed by atoms with Crippen molar-refractivity contribution in [2.45, 2.75) is 6.42 Å². The summed E-state index contributed by atoms with van der Waals surface area (Å²) in [6.45, 7) is 0. The van der Waals surface area contributed by atoms with E-state index in [1.807, 2.05) is 0 Å². The summed E-state index contributed by atoms with van der Waals surface area (Å²) in [4.78, 5) is 13.1. The molecule has 4 nitrogen and oxygen atoms in total. The molecule has 0 spiro atoms. The number of hydrogen-bond acceptors (Lipinski definition) is 2. The first-order valence-corrected chi connectivity index (χ1v) is 3.03. The summed E-state index contributed by atoms with van der Waals surface area (Å²) >= 11 is 0. The fourth-order valence-corrected chi connectivity index (χ4v) is 0.797. The normalized spacial score (nSPS) is 14.3. The molecule has 0 heterocycles. The Morgan fingerprint density at radius 1 is 1.67 bits per heavy atom. The fourth-order valence-electron chi connectivity index (χ4n) is 0.797. The predicted molar refractivity (Wildman–Crippen MR) is 35.5 cm³/mol. The van der Waals surface area contributed by atoms with Gasteiger partial charge in [-0.3, -0.25) is 0 Å². The topological polar surface area (TPSA) is 76.5 Å². The van der Waals surface area contributed by atoms with Crippen molar-refractivity contribution in [1.82, 2.24) is 0 Å². The third kappa shape index (κ3) is 2.75. The van der Waals surface area contributed by atoms with Gasteiger partial charge in [0.25, 0.3) is 5.71 Å². The molecule has 5 heteroatoms. The third-order valence-electron chi connectivity index (χ3n) is 1.35. The van der Waals surface area contributed by atoms with E-state index in [4.69, 9.17) is 5.53 Å². The van der Waals surface area contributed by atoms with Crippen LogP contribution in [0.4, 0.5) is 0 Å². The first-order valence-electron chi connectivity index (χ1n) is 3.03. The first-order chi connectivity index (χ1) is 5.24. The van der Waals surface area contributed by atoms with E-state index in [1.54, 1.807) is 0 Å². The molecule has 0 radical (unpaired) electrons. The zero-order valence-electron chi connectivity index (χ0n) is 6.65. The summed E-state index contributed by atoms with van der Waals surface area (Å²) in [5.74, 6) is -1.23. The SMILES string of the molecule is [N-]=[N+]=C1C=CC=C(C(=O)[O-])C1.[Na+]. The third-order valence-corrected chi connectivity index (χ3v) is 1.35. The molecule has 56 valence electrons. The van der Waals surface area contributed by atoms with Crippen molar-refractivity contribution in [3.8, 4) is 0 Å². The average molecular weight is 172 g/mol. The number of rotatable bonds is 1. The minimum absolute atomic E-state index is 0. The zero-order valence-corrected chi connectivity index (χ0v) is 8.65. The molecule has 0 aromatic carbocycles. The summed E-state index contributed by atoms with van der Waals surface area (Å²) in [5.41, 5.74) is 8.74. The number of carboxylic acid groups (broad SMARTS) is 1. The Hall–Kier alpha value is -0.670. The van der Waals surface area contributed by atoms with Crippen LogP contribution in [0.1, 0.15) is 6.42 Å². The Morgan fingerprint density at radius 2 is 2.33 bits per heavy atom. The predicted octanol–water partition coefficient (Wildman–Crippen LogP) is -3.70. The number of hydrogen-bond donors (Lipinski definition) is 0. The maximum atomic E-state index is 10.3. The molecular formula is C7H5N2NaO2. The molecular weight excluding hydrogens is 167 g/mol. The summed E-state index contributed by atoms with van der Waals surface area (Å²) in [5, 5.41) is 10.3. The van der Waals surface area contributed by atoms with Crippen LogP contribution in [0.2, 0.25) is 0 Å². The molecule has 0 aromatic rings. The first kappa shape index (κ1) is 11.3. The van der Waals surface area contributed by atoms with E-state index in [2.05, 4.69) is 4.79 Å². The van der Waals surface area contributed by atoms with Crippen molar-refractivity contribution in [2.24, 2.45) is 0 Å². The van der Waals surface area contributed by atoms with Gasteiger partial charge in [-0.1, -0.05) is 12.2 Å². The molecule has 1 aliphatic rings. The van der Waals surface area contributed by atoms with Crippen molar-refractivity contribution in [3.05, 3.63) is 29.3 Å². The van der Waals surface area contributed by atoms with Gasteiger partial charge in [-0.2, -0.15) is 4.79 Å². The molecule has 0 saturated heterocycles. The maximum Gasteiger partial charge on any atom is 1.00 e. The minimum atomic E-state index is -1.23. The van der Waals surface area contributed by atoms with E-state index in [1.165, 1.54) is 18.2 Å². The van der Waals surface area contributed by atoms with E-state index in [0.717, 1.165) is 0 Å². The number of aliphatic carboxylic acids is 1. The second-order valence-corrected chi connectivity index (χ2v) is 2.11. The van der Waals surface area contributed by atoms with Crippen LogP contribution in [-0.4, -0.2) is 16.5 Å². The van der Waals surface area contributed by atoms with Crippen LogP contribution in [0.15, 0.2) is 23.8 Å². The van der Waals surface area contributed by atoms with Crippen molar-refractivity contribution in [2.75, 3.05) is 0 Å². The van der Waals surface area contributed by atoms with Crippen LogP contribution in [0.5, 0.6) is 0 Å². The van der Waals surface area contributed by atoms with Crippen LogP contribution < -0.4 is 34.7 Å². The maximum absolute atomic E-state index is 10.3. The summed E-state index contributed by atoms with van der Waals surface area (Å²) in [6, 6.07) is 0. The minimum Gasteiger partial charge on any atom is -0.545 e. The Bertz CT molecular complexity index is 301. The monoisotopic (exact) mass is 172 g/mol. The summed E-state index contributed by atoms with van der Waals surface area (Å²) in [6.07, 6.45) is 4.58. The van der Waals surface area contributed by atoms with Crippen LogP contribution in [0.25, 0.3) is 5.53 Å². The van der Waals surface area contributed by atoms with Crippen molar-refractivity contribution in [1.29, 1.82) is 0 Å². The largest absolute Gasteiger partial charge is 1.00 e. The molecule has 0 unspecified atom stereocenters. The quantitative estimate of drug-likeness (QED) is 0.232. The van der Waals surface area contributed by atoms with Crippen molar-refractivity contribution in [3.63, 3.8) is 0 Å². The number of allylic oxidation sites excluding steroid dienone is 3. The van der Waals surface area contributed by atoms with Crippen LogP contribution in [0.3, 0.4) is 0 Å². The van der Waals surface area contributed by atoms with E-state index in [9.17, 15) is 9.90 Å². The van der Waals surface area contributed by atoms with E-state index >= 15 is 0 Å². The summed E-state index contributed by atoms with van der Waals surface area (Å²) < 4.78 is 0. The van der Waals surface area contributed by atoms with Gasteiger partial charge in [-0.15, -0.1) is 0 Å². The van der Waals surface area contributed by atoms with Crippen molar-refractivity contribution >= 4 is 11.7 Å². The average Bonchev–Trinajstić information content (AvgIpc) is 2.05. The molecule has 0 amide bonds. The second-order valence-electron chi connectivity index (χ2n) is 2.11. The van der Waals surface area contributed by atoms with Gasteiger partial charge in [0.1, 0.15) is 0 Å². The van der Waals surface area contributed by atoms with Crippen LogP contribution >= 0.6 is 0 Å². The van der Waals surface area contributed by atoms with Gasteiger partial charge >= 0.3 is 29.6 Å². The molecule has 0 aliphatic heterocycles. The molecule has 12 heavy (non-hydrogen) atoms. The van der Waals surface area contributed by atoms with Gasteiger partial charge in [0, 0.05) is 6.08 Å². The number of carbonyl (C=O) groups is 1. The van der Waals surface area contributed by atoms with Crippen molar-refractivity contribution < 1.29 is 44.2 Å². The van der Waals surface area contributed by atoms with Gasteiger partial charge in [0.05, 0.1) is 12.4 Å². The molecule has 0 fully saturated rings. The molecule has 0 saturated carbocycles. The Balaban J connectivity index is 0.00000121. The molecule has 0 N–H and O–H groups in total. The molecule has 0 bridgehead atoms. The van der Waals surface area contributed by atoms with Gasteiger partial charge in [0.15, 0.2) is 0 Å². The molecule has 1 rings (SSSR count). The Labute approximate surface area is 91.5 Å². The number of carbonyl (C=O) groups excluding carboxylic acids is 1. The zero-order chi connectivity index (χ0) is 8.27. The Kier molecular flexibility index (Phi) is 4.78. The molecule has 0 aromatic heterocycles. The number of carboxylic acids is 1. The summed E-state index contributed by atoms with van der Waals surface area (Å²) in [7, 11) is 0. The van der Waals surface area contributed by atoms with E-state index < -0.39 is 5.97 Å². The fraction of sp³-hybridized carbons (Fsp3) is 0.143. The second kappa shape index (κ2) is 5.06. The molecule has 1 aliphatic carbocycles. The standard InChI is InChI=1S/C7H6N2O2.Na/c8-9-6-3-1-2-5(4-6)7(10)11;/h1-3H,4H2,(H,10,11);/q;+1/p-1. The van der Waals surface area contributed by atoms with E-state index in [-0.39, 0.29) is 41.6 Å². The van der Waals surface area contributed by atoms with Gasteiger partial charge in [-0.25, -0.2) is 0 Å². The smallest absolute Gasteiger partial charge is 0.545 e. The van der Waals surface area contributed by atoms with Gasteiger partial charge in [0.2, 0.25) is 0 Å². The number of nitrogens with zero attached hydrogens (tertiary/aromatic N) is 2. The van der Waals surface area contributed by atoms with Gasteiger partial charge < -0.3 is 15.4 Å². The van der Waals surface area contributed by atoms with Gasteiger partial charge in [-0.05, 0) is 5.57 Å².